The van der Waals surface area contributed by atoms with Crippen molar-refractivity contribution in [3.05, 3.63) is 81.2 Å². The van der Waals surface area contributed by atoms with Gasteiger partial charge < -0.3 is 14.6 Å². The maximum atomic E-state index is 14.4. The van der Waals surface area contributed by atoms with Gasteiger partial charge in [0.05, 0.1) is 24.4 Å². The summed E-state index contributed by atoms with van der Waals surface area (Å²) in [5.74, 6) is 0.351. The van der Waals surface area contributed by atoms with Crippen LogP contribution in [0, 0.1) is 19.7 Å². The number of aryl methyl sites for hydroxylation is 2. The summed E-state index contributed by atoms with van der Waals surface area (Å²) >= 11 is 0. The molecule has 0 spiro atoms. The highest BCUT2D eigenvalue weighted by atomic mass is 19.1. The van der Waals surface area contributed by atoms with E-state index in [2.05, 4.69) is 31.5 Å². The van der Waals surface area contributed by atoms with Gasteiger partial charge in [0.2, 0.25) is 0 Å². The second-order valence-corrected chi connectivity index (χ2v) is 9.17. The third kappa shape index (κ3) is 4.49. The minimum absolute atomic E-state index is 0.168. The van der Waals surface area contributed by atoms with Crippen molar-refractivity contribution >= 4 is 16.6 Å². The maximum absolute atomic E-state index is 14.4. The first-order valence-electron chi connectivity index (χ1n) is 12.1. The van der Waals surface area contributed by atoms with Crippen molar-refractivity contribution in [1.29, 1.82) is 0 Å². The largest absolute Gasteiger partial charge is 0.383 e. The molecule has 1 fully saturated rings. The minimum atomic E-state index is -0.465. The van der Waals surface area contributed by atoms with Gasteiger partial charge >= 0.3 is 0 Å². The van der Waals surface area contributed by atoms with Gasteiger partial charge in [0.25, 0.3) is 5.56 Å². The lowest BCUT2D eigenvalue weighted by molar-refractivity contribution is 0.171. The van der Waals surface area contributed by atoms with Crippen molar-refractivity contribution < 1.29 is 9.13 Å². The number of aromatic amines is 1. The van der Waals surface area contributed by atoms with E-state index in [1.807, 2.05) is 36.9 Å². The quantitative estimate of drug-likeness (QED) is 0.425. The van der Waals surface area contributed by atoms with Crippen LogP contribution >= 0.6 is 0 Å². The van der Waals surface area contributed by atoms with E-state index < -0.39 is 6.04 Å². The fourth-order valence-corrected chi connectivity index (χ4v) is 4.97. The number of ether oxygens (including phenoxy) is 1. The number of methoxy groups -OCH3 is 1. The molecule has 10 heteroatoms. The summed E-state index contributed by atoms with van der Waals surface area (Å²) < 4.78 is 21.4. The SMILES string of the molecule is COCCn1nnnc1C(c1cc2c(C)ccc(C)c2[nH]c1=O)N1CCN(c2ccccc2F)CC1. The van der Waals surface area contributed by atoms with Gasteiger partial charge in [-0.25, -0.2) is 9.07 Å². The topological polar surface area (TPSA) is 92.2 Å². The average Bonchev–Trinajstić information content (AvgIpc) is 3.35. The molecule has 1 unspecified atom stereocenters. The van der Waals surface area contributed by atoms with Crippen LogP contribution in [-0.4, -0.2) is 70.0 Å². The number of hydrogen-bond donors (Lipinski definition) is 1. The zero-order valence-corrected chi connectivity index (χ0v) is 20.7. The van der Waals surface area contributed by atoms with Crippen LogP contribution < -0.4 is 10.5 Å². The summed E-state index contributed by atoms with van der Waals surface area (Å²) in [4.78, 5) is 20.8. The van der Waals surface area contributed by atoms with Crippen LogP contribution in [0.25, 0.3) is 10.9 Å². The normalized spacial score (nSPS) is 15.5. The van der Waals surface area contributed by atoms with Gasteiger partial charge in [0, 0.05) is 44.2 Å². The number of piperazine rings is 1. The number of nitrogens with one attached hydrogen (secondary N) is 1. The third-order valence-electron chi connectivity index (χ3n) is 6.95. The molecule has 4 aromatic rings. The van der Waals surface area contributed by atoms with Crippen molar-refractivity contribution in [2.75, 3.05) is 44.8 Å². The summed E-state index contributed by atoms with van der Waals surface area (Å²) in [6.07, 6.45) is 0. The van der Waals surface area contributed by atoms with E-state index in [0.29, 0.717) is 56.4 Å². The number of halogens is 1. The molecule has 2 aromatic heterocycles. The first-order chi connectivity index (χ1) is 17.5. The van der Waals surface area contributed by atoms with Crippen LogP contribution in [0.15, 0.2) is 47.3 Å². The number of para-hydroxylation sites is 1. The highest BCUT2D eigenvalue weighted by Crippen LogP contribution is 2.30. The van der Waals surface area contributed by atoms with Crippen molar-refractivity contribution in [1.82, 2.24) is 30.1 Å². The number of hydrogen-bond acceptors (Lipinski definition) is 7. The molecule has 9 nitrogen and oxygen atoms in total. The van der Waals surface area contributed by atoms with Gasteiger partial charge in [-0.1, -0.05) is 24.3 Å². The van der Waals surface area contributed by atoms with Gasteiger partial charge in [0.1, 0.15) is 11.9 Å². The standard InChI is InChI=1S/C26H30FN7O2/c1-17-8-9-18(2)23-19(17)16-20(26(35)28-23)24(25-29-30-31-34(25)14-15-36-3)33-12-10-32(11-13-33)22-7-5-4-6-21(22)27/h4-9,16,24H,10-15H2,1-3H3,(H,28,35). The van der Waals surface area contributed by atoms with E-state index >= 15 is 0 Å². The molecule has 5 rings (SSSR count). The number of anilines is 1. The van der Waals surface area contributed by atoms with E-state index in [4.69, 9.17) is 4.74 Å². The fraction of sp³-hybridized carbons (Fsp3) is 0.385. The van der Waals surface area contributed by atoms with E-state index in [9.17, 15) is 9.18 Å². The Labute approximate surface area is 208 Å². The summed E-state index contributed by atoms with van der Waals surface area (Å²) in [6.45, 7) is 7.38. The lowest BCUT2D eigenvalue weighted by Crippen LogP contribution is -2.49. The molecule has 188 valence electrons. The Morgan fingerprint density at radius 2 is 1.83 bits per heavy atom. The monoisotopic (exact) mass is 491 g/mol. The maximum Gasteiger partial charge on any atom is 0.253 e. The van der Waals surface area contributed by atoms with Gasteiger partial charge in [-0.2, -0.15) is 0 Å². The number of tetrazole rings is 1. The molecule has 0 radical (unpaired) electrons. The Kier molecular flexibility index (Phi) is 6.80. The van der Waals surface area contributed by atoms with Crippen molar-refractivity contribution in [3.63, 3.8) is 0 Å². The van der Waals surface area contributed by atoms with Crippen LogP contribution in [0.3, 0.4) is 0 Å². The minimum Gasteiger partial charge on any atom is -0.383 e. The number of rotatable bonds is 7. The van der Waals surface area contributed by atoms with Crippen LogP contribution in [0.1, 0.15) is 28.6 Å². The number of fused-ring (bicyclic) bond motifs is 1. The van der Waals surface area contributed by atoms with E-state index in [0.717, 1.165) is 22.0 Å². The third-order valence-corrected chi connectivity index (χ3v) is 6.95. The second kappa shape index (κ2) is 10.2. The molecule has 1 atom stereocenters. The zero-order chi connectivity index (χ0) is 25.2. The van der Waals surface area contributed by atoms with Crippen molar-refractivity contribution in [2.24, 2.45) is 0 Å². The first kappa shape index (κ1) is 24.1. The van der Waals surface area contributed by atoms with Gasteiger partial charge in [-0.05, 0) is 53.6 Å². The summed E-state index contributed by atoms with van der Waals surface area (Å²) in [5.41, 5.74) is 3.94. The van der Waals surface area contributed by atoms with Crippen molar-refractivity contribution in [2.45, 2.75) is 26.4 Å². The molecule has 0 aliphatic carbocycles. The Balaban J connectivity index is 1.55. The predicted octanol–water partition coefficient (Wildman–Crippen LogP) is 2.83. The summed E-state index contributed by atoms with van der Waals surface area (Å²) in [6, 6.07) is 12.4. The van der Waals surface area contributed by atoms with Crippen LogP contribution in [0.2, 0.25) is 0 Å². The number of benzene rings is 2. The molecular weight excluding hydrogens is 461 g/mol. The van der Waals surface area contributed by atoms with Gasteiger partial charge in [-0.3, -0.25) is 9.69 Å². The number of H-pyrrole nitrogens is 1. The second-order valence-electron chi connectivity index (χ2n) is 9.17. The van der Waals surface area contributed by atoms with E-state index in [1.165, 1.54) is 6.07 Å². The van der Waals surface area contributed by atoms with Crippen molar-refractivity contribution in [3.8, 4) is 0 Å². The zero-order valence-electron chi connectivity index (χ0n) is 20.7. The Morgan fingerprint density at radius 3 is 2.58 bits per heavy atom. The van der Waals surface area contributed by atoms with Crippen LogP contribution in [0.4, 0.5) is 10.1 Å². The van der Waals surface area contributed by atoms with Crippen LogP contribution in [0.5, 0.6) is 0 Å². The number of pyridine rings is 1. The van der Waals surface area contributed by atoms with Crippen LogP contribution in [-0.2, 0) is 11.3 Å². The molecule has 1 saturated heterocycles. The number of nitrogens with zero attached hydrogens (tertiary/aromatic N) is 6. The molecule has 1 aliphatic heterocycles. The molecule has 3 heterocycles. The Morgan fingerprint density at radius 1 is 1.08 bits per heavy atom. The molecular formula is C26H30FN7O2. The van der Waals surface area contributed by atoms with E-state index in [1.54, 1.807) is 23.9 Å². The molecule has 1 N–H and O–H groups in total. The molecule has 0 amide bonds. The lowest BCUT2D eigenvalue weighted by atomic mass is 9.99. The number of aromatic nitrogens is 5. The van der Waals surface area contributed by atoms with Gasteiger partial charge in [0.15, 0.2) is 5.82 Å². The summed E-state index contributed by atoms with van der Waals surface area (Å²) in [5, 5.41) is 13.4. The first-order valence-corrected chi connectivity index (χ1v) is 12.1. The average molecular weight is 492 g/mol. The lowest BCUT2D eigenvalue weighted by Gasteiger charge is -2.39. The molecule has 36 heavy (non-hydrogen) atoms. The fourth-order valence-electron chi connectivity index (χ4n) is 4.97. The highest BCUT2D eigenvalue weighted by molar-refractivity contribution is 5.85. The Bertz CT molecular complexity index is 1430. The Hall–Kier alpha value is -3.63. The highest BCUT2D eigenvalue weighted by Gasteiger charge is 2.33. The van der Waals surface area contributed by atoms with E-state index in [-0.39, 0.29) is 11.4 Å². The predicted molar refractivity (Wildman–Crippen MR) is 136 cm³/mol. The molecule has 1 aliphatic rings. The van der Waals surface area contributed by atoms with Gasteiger partial charge in [-0.15, -0.1) is 5.10 Å². The molecule has 0 bridgehead atoms. The smallest absolute Gasteiger partial charge is 0.253 e. The molecule has 2 aromatic carbocycles. The summed E-state index contributed by atoms with van der Waals surface area (Å²) in [7, 11) is 1.63. The molecule has 0 saturated carbocycles.